The molecule has 0 aromatic carbocycles. The molecule has 2 fully saturated rings. The molecular weight excluding hydrogens is 262 g/mol. The van der Waals surface area contributed by atoms with Crippen molar-refractivity contribution in [3.63, 3.8) is 0 Å². The highest BCUT2D eigenvalue weighted by atomic mass is 16.2. The summed E-state index contributed by atoms with van der Waals surface area (Å²) < 4.78 is 0. The first-order chi connectivity index (χ1) is 9.99. The molecule has 2 aliphatic rings. The Bertz CT molecular complexity index is 329. The number of carbonyl (C=O) groups is 1. The maximum Gasteiger partial charge on any atom is 0.239 e. The lowest BCUT2D eigenvalue weighted by molar-refractivity contribution is -0.136. The van der Waals surface area contributed by atoms with E-state index in [1.807, 2.05) is 0 Å². The van der Waals surface area contributed by atoms with Crippen molar-refractivity contribution in [2.75, 3.05) is 26.2 Å². The Morgan fingerprint density at radius 2 is 1.57 bits per heavy atom. The predicted octanol–water partition coefficient (Wildman–Crippen LogP) is 2.10. The topological polar surface area (TPSA) is 35.6 Å². The van der Waals surface area contributed by atoms with E-state index >= 15 is 0 Å². The number of carbonyl (C=O) groups excluding carboxylic acids is 1. The average molecular weight is 295 g/mol. The van der Waals surface area contributed by atoms with Gasteiger partial charge in [0.15, 0.2) is 0 Å². The van der Waals surface area contributed by atoms with Gasteiger partial charge in [-0.2, -0.15) is 0 Å². The summed E-state index contributed by atoms with van der Waals surface area (Å²) in [5, 5.41) is 3.44. The van der Waals surface area contributed by atoms with Crippen LogP contribution in [0.2, 0.25) is 0 Å². The van der Waals surface area contributed by atoms with E-state index in [2.05, 4.69) is 42.8 Å². The monoisotopic (exact) mass is 295 g/mol. The van der Waals surface area contributed by atoms with Crippen LogP contribution in [0.1, 0.15) is 53.4 Å². The zero-order chi connectivity index (χ0) is 15.4. The fraction of sp³-hybridized carbons (Fsp3) is 0.941. The molecule has 1 atom stereocenters. The summed E-state index contributed by atoms with van der Waals surface area (Å²) in [6.45, 7) is 12.9. The Hall–Kier alpha value is -0.610. The van der Waals surface area contributed by atoms with Crippen LogP contribution in [0.3, 0.4) is 0 Å². The molecule has 0 aromatic rings. The highest BCUT2D eigenvalue weighted by Crippen LogP contribution is 2.22. The van der Waals surface area contributed by atoms with Gasteiger partial charge in [-0.15, -0.1) is 0 Å². The van der Waals surface area contributed by atoms with Crippen LogP contribution in [0.25, 0.3) is 0 Å². The van der Waals surface area contributed by atoms with E-state index in [1.165, 1.54) is 25.9 Å². The molecule has 0 aromatic heterocycles. The first-order valence-corrected chi connectivity index (χ1v) is 8.78. The molecule has 21 heavy (non-hydrogen) atoms. The van der Waals surface area contributed by atoms with Crippen LogP contribution in [-0.4, -0.2) is 60.0 Å². The molecule has 0 aliphatic carbocycles. The third kappa shape index (κ3) is 4.43. The third-order valence-electron chi connectivity index (χ3n) is 4.88. The second-order valence-electron chi connectivity index (χ2n) is 7.34. The summed E-state index contributed by atoms with van der Waals surface area (Å²) in [5.74, 6) is 0.648. The first-order valence-electron chi connectivity index (χ1n) is 8.78. The van der Waals surface area contributed by atoms with Gasteiger partial charge in [-0.05, 0) is 44.7 Å². The minimum Gasteiger partial charge on any atom is -0.341 e. The number of piperidine rings is 1. The van der Waals surface area contributed by atoms with Crippen LogP contribution in [-0.2, 0) is 4.79 Å². The summed E-state index contributed by atoms with van der Waals surface area (Å²) in [7, 11) is 0. The quantitative estimate of drug-likeness (QED) is 0.843. The largest absolute Gasteiger partial charge is 0.341 e. The van der Waals surface area contributed by atoms with Crippen LogP contribution >= 0.6 is 0 Å². The van der Waals surface area contributed by atoms with E-state index in [1.54, 1.807) is 0 Å². The molecule has 0 radical (unpaired) electrons. The zero-order valence-corrected chi connectivity index (χ0v) is 14.3. The third-order valence-corrected chi connectivity index (χ3v) is 4.88. The number of hydrogen-bond donors (Lipinski definition) is 1. The lowest BCUT2D eigenvalue weighted by Crippen LogP contribution is -2.54. The van der Waals surface area contributed by atoms with Gasteiger partial charge in [0.05, 0.1) is 6.04 Å². The lowest BCUT2D eigenvalue weighted by atomic mass is 9.98. The predicted molar refractivity (Wildman–Crippen MR) is 87.3 cm³/mol. The standard InChI is InChI=1S/C17H33N3O/c1-13(2)16(18-14(3)4)17(21)20-11-7-15(8-12-20)19-9-5-6-10-19/h13-16,18H,5-12H2,1-4H3/t16-/m1/s1. The zero-order valence-electron chi connectivity index (χ0n) is 14.3. The van der Waals surface area contributed by atoms with Gasteiger partial charge in [-0.25, -0.2) is 0 Å². The number of rotatable bonds is 5. The van der Waals surface area contributed by atoms with Gasteiger partial charge in [-0.3, -0.25) is 4.79 Å². The van der Waals surface area contributed by atoms with Crippen molar-refractivity contribution in [3.05, 3.63) is 0 Å². The van der Waals surface area contributed by atoms with E-state index in [-0.39, 0.29) is 6.04 Å². The fourth-order valence-electron chi connectivity index (χ4n) is 3.66. The molecule has 2 heterocycles. The summed E-state index contributed by atoms with van der Waals surface area (Å²) in [6.07, 6.45) is 5.01. The van der Waals surface area contributed by atoms with E-state index < -0.39 is 0 Å². The molecule has 4 nitrogen and oxygen atoms in total. The van der Waals surface area contributed by atoms with Gasteiger partial charge in [0, 0.05) is 25.2 Å². The maximum atomic E-state index is 12.8. The Kier molecular flexibility index (Phi) is 6.06. The molecule has 2 saturated heterocycles. The highest BCUT2D eigenvalue weighted by molar-refractivity contribution is 5.82. The van der Waals surface area contributed by atoms with E-state index in [0.29, 0.717) is 23.9 Å². The smallest absolute Gasteiger partial charge is 0.239 e. The SMILES string of the molecule is CC(C)N[C@@H](C(=O)N1CCC(N2CCCC2)CC1)C(C)C. The molecule has 1 amide bonds. The number of nitrogens with zero attached hydrogens (tertiary/aromatic N) is 2. The summed E-state index contributed by atoms with van der Waals surface area (Å²) >= 11 is 0. The van der Waals surface area contributed by atoms with Gasteiger partial charge in [-0.1, -0.05) is 27.7 Å². The molecule has 2 rings (SSSR count). The molecule has 0 spiro atoms. The summed E-state index contributed by atoms with van der Waals surface area (Å²) in [6, 6.07) is 1.03. The van der Waals surface area contributed by atoms with Crippen molar-refractivity contribution in [1.82, 2.24) is 15.1 Å². The number of hydrogen-bond acceptors (Lipinski definition) is 3. The van der Waals surface area contributed by atoms with Gasteiger partial charge >= 0.3 is 0 Å². The Balaban J connectivity index is 1.86. The second kappa shape index (κ2) is 7.59. The second-order valence-corrected chi connectivity index (χ2v) is 7.34. The molecule has 0 unspecified atom stereocenters. The summed E-state index contributed by atoms with van der Waals surface area (Å²) in [4.78, 5) is 17.5. The number of likely N-dealkylation sites (tertiary alicyclic amines) is 2. The van der Waals surface area contributed by atoms with E-state index in [4.69, 9.17) is 0 Å². The normalized spacial score (nSPS) is 23.2. The minimum absolute atomic E-state index is 0.0339. The number of nitrogens with one attached hydrogen (secondary N) is 1. The number of amides is 1. The summed E-state index contributed by atoms with van der Waals surface area (Å²) in [5.41, 5.74) is 0. The Morgan fingerprint density at radius 3 is 2.05 bits per heavy atom. The molecule has 0 bridgehead atoms. The van der Waals surface area contributed by atoms with E-state index in [0.717, 1.165) is 25.9 Å². The van der Waals surface area contributed by atoms with Gasteiger partial charge in [0.25, 0.3) is 0 Å². The van der Waals surface area contributed by atoms with Crippen LogP contribution in [0.4, 0.5) is 0 Å². The molecule has 1 N–H and O–H groups in total. The molecule has 0 saturated carbocycles. The van der Waals surface area contributed by atoms with Crippen LogP contribution in [0.5, 0.6) is 0 Å². The van der Waals surface area contributed by atoms with Crippen molar-refractivity contribution >= 4 is 5.91 Å². The molecule has 2 aliphatic heterocycles. The van der Waals surface area contributed by atoms with Crippen molar-refractivity contribution < 1.29 is 4.79 Å². The maximum absolute atomic E-state index is 12.8. The van der Waals surface area contributed by atoms with Gasteiger partial charge in [0.2, 0.25) is 5.91 Å². The van der Waals surface area contributed by atoms with Crippen LogP contribution in [0, 0.1) is 5.92 Å². The molecule has 122 valence electrons. The Labute approximate surface area is 130 Å². The lowest BCUT2D eigenvalue weighted by Gasteiger charge is -2.39. The highest BCUT2D eigenvalue weighted by Gasteiger charge is 2.32. The van der Waals surface area contributed by atoms with Crippen molar-refractivity contribution in [1.29, 1.82) is 0 Å². The van der Waals surface area contributed by atoms with Gasteiger partial charge < -0.3 is 15.1 Å². The molecule has 4 heteroatoms. The molecular formula is C17H33N3O. The Morgan fingerprint density at radius 1 is 1.00 bits per heavy atom. The fourth-order valence-corrected chi connectivity index (χ4v) is 3.66. The van der Waals surface area contributed by atoms with Gasteiger partial charge in [0.1, 0.15) is 0 Å². The van der Waals surface area contributed by atoms with Crippen LogP contribution in [0.15, 0.2) is 0 Å². The average Bonchev–Trinajstić information content (AvgIpc) is 2.98. The van der Waals surface area contributed by atoms with Crippen molar-refractivity contribution in [2.24, 2.45) is 5.92 Å². The van der Waals surface area contributed by atoms with E-state index in [9.17, 15) is 4.79 Å². The van der Waals surface area contributed by atoms with Crippen molar-refractivity contribution in [2.45, 2.75) is 71.5 Å². The minimum atomic E-state index is -0.0339. The van der Waals surface area contributed by atoms with Crippen LogP contribution < -0.4 is 5.32 Å². The first kappa shape index (κ1) is 16.8. The van der Waals surface area contributed by atoms with Crippen molar-refractivity contribution in [3.8, 4) is 0 Å².